The van der Waals surface area contributed by atoms with E-state index >= 15 is 0 Å². The van der Waals surface area contributed by atoms with E-state index in [0.29, 0.717) is 5.82 Å². The van der Waals surface area contributed by atoms with E-state index in [2.05, 4.69) is 27.1 Å². The molecule has 0 spiro atoms. The smallest absolute Gasteiger partial charge is 0.242 e. The maximum absolute atomic E-state index is 12.4. The number of carbonyl (C=O) groups is 1. The van der Waals surface area contributed by atoms with Gasteiger partial charge in [-0.15, -0.1) is 0 Å². The van der Waals surface area contributed by atoms with Crippen molar-refractivity contribution in [1.29, 1.82) is 0 Å². The highest BCUT2D eigenvalue weighted by molar-refractivity contribution is 5.94. The largest absolute Gasteiger partial charge is 0.380 e. The number of pyridine rings is 1. The zero-order valence-corrected chi connectivity index (χ0v) is 14.7. The highest BCUT2D eigenvalue weighted by Gasteiger charge is 2.34. The van der Waals surface area contributed by atoms with Crippen LogP contribution in [0.5, 0.6) is 0 Å². The minimum absolute atomic E-state index is 0.0168. The van der Waals surface area contributed by atoms with E-state index in [1.54, 1.807) is 7.11 Å². The molecule has 1 aromatic heterocycles. The molecule has 7 nitrogen and oxygen atoms in total. The zero-order chi connectivity index (χ0) is 17.1. The Morgan fingerprint density at radius 1 is 1.25 bits per heavy atom. The van der Waals surface area contributed by atoms with Crippen LogP contribution in [-0.4, -0.2) is 86.8 Å². The number of nitrogens with one attached hydrogen (secondary N) is 1. The molecule has 2 fully saturated rings. The lowest BCUT2D eigenvalue weighted by atomic mass is 10.2. The Morgan fingerprint density at radius 2 is 2.00 bits per heavy atom. The first-order valence-electron chi connectivity index (χ1n) is 8.50. The van der Waals surface area contributed by atoms with E-state index in [0.717, 1.165) is 44.8 Å². The second-order valence-electron chi connectivity index (χ2n) is 6.73. The Hall–Kier alpha value is -1.70. The number of hydrogen-bond acceptors (Lipinski definition) is 6. The lowest BCUT2D eigenvalue weighted by molar-refractivity contribution is -0.120. The summed E-state index contributed by atoms with van der Waals surface area (Å²) in [6.07, 6.45) is 2.69. The molecule has 3 heterocycles. The highest BCUT2D eigenvalue weighted by atomic mass is 16.5. The second-order valence-corrected chi connectivity index (χ2v) is 6.73. The minimum Gasteiger partial charge on any atom is -0.380 e. The first kappa shape index (κ1) is 17.1. The van der Waals surface area contributed by atoms with Crippen molar-refractivity contribution in [3.8, 4) is 0 Å². The van der Waals surface area contributed by atoms with Crippen LogP contribution < -0.4 is 10.2 Å². The summed E-state index contributed by atoms with van der Waals surface area (Å²) in [7, 11) is 5.78. The Bertz CT molecular complexity index is 557. The Balaban J connectivity index is 1.57. The van der Waals surface area contributed by atoms with Crippen molar-refractivity contribution in [2.45, 2.75) is 18.6 Å². The third-order valence-corrected chi connectivity index (χ3v) is 5.01. The van der Waals surface area contributed by atoms with E-state index in [-0.39, 0.29) is 18.1 Å². The summed E-state index contributed by atoms with van der Waals surface area (Å²) in [5.74, 6) is 0.587. The Labute approximate surface area is 143 Å². The van der Waals surface area contributed by atoms with Crippen LogP contribution in [-0.2, 0) is 9.53 Å². The number of carbonyl (C=O) groups excluding carboxylic acids is 1. The standard InChI is InChI=1S/C17H27N5O2/c1-20-6-8-22(9-7-20)13-4-5-16(18-11-13)19-17(23)15-10-14(24-3)12-21(15)2/h4-5,11,14-15H,6-10,12H2,1-3H3,(H,18,19,23)/t14-,15-/m0/s1. The highest BCUT2D eigenvalue weighted by Crippen LogP contribution is 2.21. The quantitative estimate of drug-likeness (QED) is 0.865. The van der Waals surface area contributed by atoms with Gasteiger partial charge in [0.25, 0.3) is 0 Å². The maximum Gasteiger partial charge on any atom is 0.242 e. The summed E-state index contributed by atoms with van der Waals surface area (Å²) in [5, 5.41) is 2.92. The molecule has 0 unspecified atom stereocenters. The number of anilines is 2. The van der Waals surface area contributed by atoms with Gasteiger partial charge in [-0.05, 0) is 32.6 Å². The number of hydrogen-bond donors (Lipinski definition) is 1. The number of likely N-dealkylation sites (tertiary alicyclic amines) is 1. The van der Waals surface area contributed by atoms with Crippen LogP contribution in [0.2, 0.25) is 0 Å². The van der Waals surface area contributed by atoms with Crippen molar-refractivity contribution in [3.63, 3.8) is 0 Å². The molecule has 1 amide bonds. The molecule has 2 aliphatic rings. The van der Waals surface area contributed by atoms with Gasteiger partial charge in [0, 0.05) is 39.8 Å². The molecule has 1 N–H and O–H groups in total. The second kappa shape index (κ2) is 7.46. The fourth-order valence-corrected chi connectivity index (χ4v) is 3.35. The molecule has 0 aliphatic carbocycles. The molecule has 2 aliphatic heterocycles. The number of aromatic nitrogens is 1. The number of piperazine rings is 1. The molecule has 2 saturated heterocycles. The Kier molecular flexibility index (Phi) is 5.33. The van der Waals surface area contributed by atoms with Crippen molar-refractivity contribution in [1.82, 2.24) is 14.8 Å². The predicted octanol–water partition coefficient (Wildman–Crippen LogP) is 0.491. The van der Waals surface area contributed by atoms with Crippen LogP contribution >= 0.6 is 0 Å². The number of nitrogens with zero attached hydrogens (tertiary/aromatic N) is 4. The number of likely N-dealkylation sites (N-methyl/N-ethyl adjacent to an activating group) is 2. The van der Waals surface area contributed by atoms with Gasteiger partial charge >= 0.3 is 0 Å². The van der Waals surface area contributed by atoms with E-state index in [1.807, 2.05) is 30.3 Å². The fourth-order valence-electron chi connectivity index (χ4n) is 3.35. The third-order valence-electron chi connectivity index (χ3n) is 5.01. The van der Waals surface area contributed by atoms with E-state index < -0.39 is 0 Å². The topological polar surface area (TPSA) is 60.9 Å². The monoisotopic (exact) mass is 333 g/mol. The molecule has 24 heavy (non-hydrogen) atoms. The van der Waals surface area contributed by atoms with Crippen molar-refractivity contribution in [2.24, 2.45) is 0 Å². The average molecular weight is 333 g/mol. The van der Waals surface area contributed by atoms with Gasteiger partial charge in [-0.25, -0.2) is 4.98 Å². The van der Waals surface area contributed by atoms with Gasteiger partial charge in [-0.2, -0.15) is 0 Å². The molecular formula is C17H27N5O2. The van der Waals surface area contributed by atoms with E-state index in [9.17, 15) is 4.79 Å². The van der Waals surface area contributed by atoms with Crippen LogP contribution in [0.25, 0.3) is 0 Å². The summed E-state index contributed by atoms with van der Waals surface area (Å²) in [6, 6.07) is 3.76. The van der Waals surface area contributed by atoms with Gasteiger partial charge in [0.05, 0.1) is 24.0 Å². The summed E-state index contributed by atoms with van der Waals surface area (Å²) in [5.41, 5.74) is 1.11. The number of ether oxygens (including phenoxy) is 1. The van der Waals surface area contributed by atoms with Gasteiger partial charge in [0.15, 0.2) is 0 Å². The molecule has 3 rings (SSSR count). The first-order valence-corrected chi connectivity index (χ1v) is 8.50. The van der Waals surface area contributed by atoms with Gasteiger partial charge in [0.1, 0.15) is 5.82 Å². The minimum atomic E-state index is -0.158. The number of methoxy groups -OCH3 is 1. The maximum atomic E-state index is 12.4. The van der Waals surface area contributed by atoms with Gasteiger partial charge < -0.3 is 19.9 Å². The fraction of sp³-hybridized carbons (Fsp3) is 0.647. The Morgan fingerprint density at radius 3 is 2.58 bits per heavy atom. The van der Waals surface area contributed by atoms with Crippen LogP contribution in [0.1, 0.15) is 6.42 Å². The lowest BCUT2D eigenvalue weighted by Crippen LogP contribution is -2.44. The van der Waals surface area contributed by atoms with Crippen LogP contribution in [0, 0.1) is 0 Å². The van der Waals surface area contributed by atoms with Crippen molar-refractivity contribution >= 4 is 17.4 Å². The van der Waals surface area contributed by atoms with Crippen LogP contribution in [0.15, 0.2) is 18.3 Å². The average Bonchev–Trinajstić information content (AvgIpc) is 2.97. The van der Waals surface area contributed by atoms with Crippen LogP contribution in [0.3, 0.4) is 0 Å². The summed E-state index contributed by atoms with van der Waals surface area (Å²) < 4.78 is 5.36. The van der Waals surface area contributed by atoms with Gasteiger partial charge in [-0.3, -0.25) is 9.69 Å². The molecule has 7 heteroatoms. The zero-order valence-electron chi connectivity index (χ0n) is 14.7. The molecule has 0 saturated carbocycles. The van der Waals surface area contributed by atoms with Crippen molar-refractivity contribution in [3.05, 3.63) is 18.3 Å². The molecule has 0 bridgehead atoms. The number of rotatable bonds is 4. The first-order chi connectivity index (χ1) is 11.6. The van der Waals surface area contributed by atoms with Crippen molar-refractivity contribution < 1.29 is 9.53 Å². The third kappa shape index (κ3) is 3.85. The number of amides is 1. The van der Waals surface area contributed by atoms with E-state index in [4.69, 9.17) is 4.74 Å². The normalized spacial score (nSPS) is 25.9. The van der Waals surface area contributed by atoms with Crippen LogP contribution in [0.4, 0.5) is 11.5 Å². The van der Waals surface area contributed by atoms with E-state index in [1.165, 1.54) is 0 Å². The van der Waals surface area contributed by atoms with Crippen molar-refractivity contribution in [2.75, 3.05) is 64.1 Å². The van der Waals surface area contributed by atoms with Gasteiger partial charge in [-0.1, -0.05) is 0 Å². The predicted molar refractivity (Wildman–Crippen MR) is 94.4 cm³/mol. The molecule has 2 atom stereocenters. The summed E-state index contributed by atoms with van der Waals surface area (Å²) in [4.78, 5) is 23.5. The SMILES string of the molecule is CO[C@H]1C[C@@H](C(=O)Nc2ccc(N3CCN(C)CC3)cn2)N(C)C1. The lowest BCUT2D eigenvalue weighted by Gasteiger charge is -2.33. The molecule has 0 radical (unpaired) electrons. The molecule has 0 aromatic carbocycles. The molecule has 132 valence electrons. The molecular weight excluding hydrogens is 306 g/mol. The summed E-state index contributed by atoms with van der Waals surface area (Å²) >= 11 is 0. The summed E-state index contributed by atoms with van der Waals surface area (Å²) in [6.45, 7) is 4.93. The molecule has 1 aromatic rings. The van der Waals surface area contributed by atoms with Gasteiger partial charge in [0.2, 0.25) is 5.91 Å².